The molecule has 4 rings (SSSR count). The van der Waals surface area contributed by atoms with Crippen LogP contribution in [0.25, 0.3) is 11.3 Å². The summed E-state index contributed by atoms with van der Waals surface area (Å²) in [5.41, 5.74) is 3.20. The molecular formula is C22H20N6O4S. The molecule has 4 aromatic rings. The molecule has 10 nitrogen and oxygen atoms in total. The van der Waals surface area contributed by atoms with Gasteiger partial charge < -0.3 is 10.4 Å². The minimum atomic E-state index is -3.88. The molecule has 4 N–H and O–H groups in total. The number of carbonyl (C=O) groups excluding carboxylic acids is 1. The summed E-state index contributed by atoms with van der Waals surface area (Å²) in [5.74, 6) is -0.400. The SMILES string of the molecule is Cc1ccc(-c2cc(C(=O)Nc3ccc(S(=O)(=O)Nc4ncccn4)cc3)[nH]n2)c(O)c1C. The van der Waals surface area contributed by atoms with Gasteiger partial charge in [-0.15, -0.1) is 0 Å². The molecule has 0 aliphatic carbocycles. The maximum atomic E-state index is 12.6. The zero-order valence-corrected chi connectivity index (χ0v) is 18.5. The van der Waals surface area contributed by atoms with Crippen molar-refractivity contribution in [2.24, 2.45) is 0 Å². The van der Waals surface area contributed by atoms with Gasteiger partial charge in [0.2, 0.25) is 5.95 Å². The van der Waals surface area contributed by atoms with Gasteiger partial charge in [-0.05, 0) is 67.4 Å². The molecule has 0 aliphatic rings. The number of hydrogen-bond acceptors (Lipinski definition) is 7. The van der Waals surface area contributed by atoms with Crippen molar-refractivity contribution in [1.82, 2.24) is 20.2 Å². The van der Waals surface area contributed by atoms with E-state index in [1.54, 1.807) is 19.1 Å². The third-order valence-corrected chi connectivity index (χ3v) is 6.36. The number of phenolic OH excluding ortho intramolecular Hbond substituents is 1. The van der Waals surface area contributed by atoms with Crippen molar-refractivity contribution in [2.75, 3.05) is 10.0 Å². The number of aromatic hydroxyl groups is 1. The minimum absolute atomic E-state index is 0.0120. The molecule has 1 amide bonds. The van der Waals surface area contributed by atoms with Gasteiger partial charge in [-0.3, -0.25) is 9.89 Å². The number of hydrogen-bond donors (Lipinski definition) is 4. The molecule has 2 aromatic carbocycles. The smallest absolute Gasteiger partial charge is 0.273 e. The molecule has 168 valence electrons. The Hall–Kier alpha value is -4.25. The second kappa shape index (κ2) is 8.71. The molecule has 0 bridgehead atoms. The number of amides is 1. The number of rotatable bonds is 6. The van der Waals surface area contributed by atoms with E-state index in [9.17, 15) is 18.3 Å². The van der Waals surface area contributed by atoms with E-state index in [-0.39, 0.29) is 22.3 Å². The van der Waals surface area contributed by atoms with Crippen LogP contribution in [0.15, 0.2) is 65.8 Å². The summed E-state index contributed by atoms with van der Waals surface area (Å²) >= 11 is 0. The molecule has 33 heavy (non-hydrogen) atoms. The Bertz CT molecular complexity index is 1420. The maximum Gasteiger partial charge on any atom is 0.273 e. The van der Waals surface area contributed by atoms with Crippen molar-refractivity contribution >= 4 is 27.6 Å². The highest BCUT2D eigenvalue weighted by molar-refractivity contribution is 7.92. The molecule has 0 unspecified atom stereocenters. The van der Waals surface area contributed by atoms with Crippen molar-refractivity contribution in [3.63, 3.8) is 0 Å². The predicted molar refractivity (Wildman–Crippen MR) is 122 cm³/mol. The summed E-state index contributed by atoms with van der Waals surface area (Å²) in [7, 11) is -3.88. The quantitative estimate of drug-likeness (QED) is 0.342. The van der Waals surface area contributed by atoms with E-state index < -0.39 is 15.9 Å². The molecule has 0 atom stereocenters. The third kappa shape index (κ3) is 4.67. The van der Waals surface area contributed by atoms with E-state index in [0.29, 0.717) is 16.9 Å². The standard InChI is InChI=1S/C22H20N6O4S/c1-13-4-9-17(20(29)14(13)2)18-12-19(27-26-18)21(30)25-15-5-7-16(8-6-15)33(31,32)28-22-23-10-3-11-24-22/h3-12,29H,1-2H3,(H,25,30)(H,26,27)(H,23,24,28). The first-order chi connectivity index (χ1) is 15.7. The number of benzene rings is 2. The van der Waals surface area contributed by atoms with Crippen LogP contribution < -0.4 is 10.0 Å². The summed E-state index contributed by atoms with van der Waals surface area (Å²) in [6.07, 6.45) is 2.84. The Balaban J connectivity index is 1.47. The number of aryl methyl sites for hydroxylation is 1. The second-order valence-electron chi connectivity index (χ2n) is 7.23. The number of nitrogens with zero attached hydrogens (tertiary/aromatic N) is 3. The number of phenols is 1. The molecule has 2 aromatic heterocycles. The second-order valence-corrected chi connectivity index (χ2v) is 8.91. The zero-order valence-electron chi connectivity index (χ0n) is 17.7. The van der Waals surface area contributed by atoms with Crippen LogP contribution in [0, 0.1) is 13.8 Å². The van der Waals surface area contributed by atoms with E-state index in [1.807, 2.05) is 13.0 Å². The van der Waals surface area contributed by atoms with E-state index >= 15 is 0 Å². The van der Waals surface area contributed by atoms with Gasteiger partial charge in [-0.1, -0.05) is 6.07 Å². The molecule has 0 spiro atoms. The number of anilines is 2. The first-order valence-electron chi connectivity index (χ1n) is 9.81. The lowest BCUT2D eigenvalue weighted by Crippen LogP contribution is -2.15. The summed E-state index contributed by atoms with van der Waals surface area (Å²) in [5, 5.41) is 19.8. The maximum absolute atomic E-state index is 12.6. The normalized spacial score (nSPS) is 11.2. The summed E-state index contributed by atoms with van der Waals surface area (Å²) in [6, 6.07) is 12.3. The number of nitrogens with one attached hydrogen (secondary N) is 3. The van der Waals surface area contributed by atoms with Crippen molar-refractivity contribution in [1.29, 1.82) is 0 Å². The topological polar surface area (TPSA) is 150 Å². The van der Waals surface area contributed by atoms with E-state index in [0.717, 1.165) is 11.1 Å². The number of aromatic amines is 1. The van der Waals surface area contributed by atoms with Gasteiger partial charge in [-0.25, -0.2) is 23.1 Å². The van der Waals surface area contributed by atoms with Crippen molar-refractivity contribution in [3.05, 3.63) is 77.7 Å². The average molecular weight is 465 g/mol. The lowest BCUT2D eigenvalue weighted by atomic mass is 10.0. The molecule has 0 radical (unpaired) electrons. The van der Waals surface area contributed by atoms with Gasteiger partial charge >= 0.3 is 0 Å². The summed E-state index contributed by atoms with van der Waals surface area (Å²) in [4.78, 5) is 20.3. The molecule has 11 heteroatoms. The fraction of sp³-hybridized carbons (Fsp3) is 0.0909. The Morgan fingerprint density at radius 1 is 1.03 bits per heavy atom. The lowest BCUT2D eigenvalue weighted by molar-refractivity contribution is 0.102. The van der Waals surface area contributed by atoms with Gasteiger partial charge in [0, 0.05) is 23.6 Å². The number of carbonyl (C=O) groups is 1. The van der Waals surface area contributed by atoms with E-state index in [1.165, 1.54) is 42.7 Å². The average Bonchev–Trinajstić information content (AvgIpc) is 3.28. The third-order valence-electron chi connectivity index (χ3n) is 5.01. The fourth-order valence-electron chi connectivity index (χ4n) is 3.03. The zero-order chi connectivity index (χ0) is 23.6. The minimum Gasteiger partial charge on any atom is -0.507 e. The molecule has 0 fully saturated rings. The van der Waals surface area contributed by atoms with Crippen LogP contribution in [0.2, 0.25) is 0 Å². The fourth-order valence-corrected chi connectivity index (χ4v) is 3.99. The predicted octanol–water partition coefficient (Wildman–Crippen LogP) is 3.24. The van der Waals surface area contributed by atoms with Crippen LogP contribution in [0.3, 0.4) is 0 Å². The van der Waals surface area contributed by atoms with Crippen LogP contribution in [-0.2, 0) is 10.0 Å². The van der Waals surface area contributed by atoms with Crippen LogP contribution >= 0.6 is 0 Å². The van der Waals surface area contributed by atoms with E-state index in [2.05, 4.69) is 30.2 Å². The highest BCUT2D eigenvalue weighted by atomic mass is 32.2. The number of sulfonamides is 1. The molecule has 0 aliphatic heterocycles. The first kappa shape index (κ1) is 22.0. The van der Waals surface area contributed by atoms with Crippen molar-refractivity contribution in [2.45, 2.75) is 18.7 Å². The van der Waals surface area contributed by atoms with Gasteiger partial charge in [0.15, 0.2) is 0 Å². The lowest BCUT2D eigenvalue weighted by Gasteiger charge is -2.08. The van der Waals surface area contributed by atoms with Crippen LogP contribution in [0.4, 0.5) is 11.6 Å². The summed E-state index contributed by atoms with van der Waals surface area (Å²) < 4.78 is 27.2. The van der Waals surface area contributed by atoms with Gasteiger partial charge in [0.05, 0.1) is 10.6 Å². The highest BCUT2D eigenvalue weighted by Crippen LogP contribution is 2.32. The van der Waals surface area contributed by atoms with Gasteiger partial charge in [-0.2, -0.15) is 5.10 Å². The first-order valence-corrected chi connectivity index (χ1v) is 11.3. The Morgan fingerprint density at radius 3 is 2.42 bits per heavy atom. The van der Waals surface area contributed by atoms with Gasteiger partial charge in [0.25, 0.3) is 15.9 Å². The number of aromatic nitrogens is 4. The van der Waals surface area contributed by atoms with Crippen molar-refractivity contribution in [3.8, 4) is 17.0 Å². The monoisotopic (exact) mass is 464 g/mol. The molecular weight excluding hydrogens is 444 g/mol. The van der Waals surface area contributed by atoms with Crippen LogP contribution in [0.1, 0.15) is 21.6 Å². The Morgan fingerprint density at radius 2 is 1.73 bits per heavy atom. The molecule has 2 heterocycles. The number of H-pyrrole nitrogens is 1. The highest BCUT2D eigenvalue weighted by Gasteiger charge is 2.17. The Labute approximate surface area is 189 Å². The summed E-state index contributed by atoms with van der Waals surface area (Å²) in [6.45, 7) is 3.70. The van der Waals surface area contributed by atoms with Gasteiger partial charge in [0.1, 0.15) is 11.4 Å². The van der Waals surface area contributed by atoms with Crippen LogP contribution in [0.5, 0.6) is 5.75 Å². The molecule has 0 saturated heterocycles. The van der Waals surface area contributed by atoms with E-state index in [4.69, 9.17) is 0 Å². The molecule has 0 saturated carbocycles. The van der Waals surface area contributed by atoms with Crippen LogP contribution in [-0.4, -0.2) is 39.6 Å². The Kier molecular flexibility index (Phi) is 5.80. The van der Waals surface area contributed by atoms with Crippen molar-refractivity contribution < 1.29 is 18.3 Å². The largest absolute Gasteiger partial charge is 0.507 e.